The maximum atomic E-state index is 13.6. The van der Waals surface area contributed by atoms with E-state index in [1.807, 2.05) is 78.6 Å². The van der Waals surface area contributed by atoms with Crippen LogP contribution in [-0.2, 0) is 28.5 Å². The van der Waals surface area contributed by atoms with Crippen molar-refractivity contribution in [2.24, 2.45) is 7.05 Å². The highest BCUT2D eigenvalue weighted by atomic mass is 16.2. The van der Waals surface area contributed by atoms with Gasteiger partial charge in [0.15, 0.2) is 0 Å². The van der Waals surface area contributed by atoms with Crippen molar-refractivity contribution in [3.63, 3.8) is 0 Å². The molecule has 4 aromatic carbocycles. The molecule has 0 spiro atoms. The monoisotopic (exact) mass is 918 g/mol. The Morgan fingerprint density at radius 2 is 1.46 bits per heavy atom. The lowest BCUT2D eigenvalue weighted by Crippen LogP contribution is -2.54. The number of unbranched alkanes of at least 4 members (excludes halogenated alkanes) is 2. The Bertz CT molecular complexity index is 2840. The lowest BCUT2D eigenvalue weighted by atomic mass is 9.86. The molecule has 0 bridgehead atoms. The first-order chi connectivity index (χ1) is 32.6. The molecule has 3 N–H and O–H groups in total. The minimum absolute atomic E-state index is 0.0192. The van der Waals surface area contributed by atoms with Crippen LogP contribution >= 0.6 is 0 Å². The van der Waals surface area contributed by atoms with Gasteiger partial charge in [-0.05, 0) is 97.3 Å². The van der Waals surface area contributed by atoms with Gasteiger partial charge in [0, 0.05) is 86.9 Å². The van der Waals surface area contributed by atoms with Crippen LogP contribution in [0.3, 0.4) is 0 Å². The van der Waals surface area contributed by atoms with Gasteiger partial charge in [0.25, 0.3) is 29.2 Å². The van der Waals surface area contributed by atoms with Crippen LogP contribution in [0.5, 0.6) is 0 Å². The van der Waals surface area contributed by atoms with Crippen molar-refractivity contribution in [3.8, 4) is 11.3 Å². The summed E-state index contributed by atoms with van der Waals surface area (Å²) in [7, 11) is 1.70. The highest BCUT2D eigenvalue weighted by Crippen LogP contribution is 2.33. The number of anilines is 2. The van der Waals surface area contributed by atoms with Crippen LogP contribution in [-0.4, -0.2) is 105 Å². The van der Waals surface area contributed by atoms with E-state index in [-0.39, 0.29) is 53.2 Å². The zero-order valence-electron chi connectivity index (χ0n) is 39.3. The summed E-state index contributed by atoms with van der Waals surface area (Å²) in [5.41, 5.74) is 7.25. The minimum Gasteiger partial charge on any atom is -0.384 e. The van der Waals surface area contributed by atoms with Gasteiger partial charge in [-0.25, -0.2) is 4.98 Å². The number of carbonyl (C=O) groups excluding carboxylic acids is 6. The Balaban J connectivity index is 0.792. The van der Waals surface area contributed by atoms with Crippen molar-refractivity contribution < 1.29 is 28.8 Å². The molecule has 68 heavy (non-hydrogen) atoms. The number of hydrogen-bond donors (Lipinski definition) is 3. The van der Waals surface area contributed by atoms with Crippen LogP contribution in [0.15, 0.2) is 95.9 Å². The lowest BCUT2D eigenvalue weighted by Gasteiger charge is -2.34. The molecule has 352 valence electrons. The fourth-order valence-corrected chi connectivity index (χ4v) is 9.12. The van der Waals surface area contributed by atoms with E-state index in [9.17, 15) is 33.6 Å². The van der Waals surface area contributed by atoms with Crippen LogP contribution in [0, 0.1) is 6.92 Å². The second-order valence-corrected chi connectivity index (χ2v) is 18.9. The van der Waals surface area contributed by atoms with Crippen LogP contribution in [0.1, 0.15) is 117 Å². The average molecular weight is 919 g/mol. The van der Waals surface area contributed by atoms with Gasteiger partial charge < -0.3 is 20.1 Å². The van der Waals surface area contributed by atoms with Gasteiger partial charge in [-0.3, -0.25) is 48.7 Å². The molecule has 1 aromatic heterocycles. The van der Waals surface area contributed by atoms with Gasteiger partial charge in [0.05, 0.1) is 16.8 Å². The van der Waals surface area contributed by atoms with E-state index in [0.717, 1.165) is 66.1 Å². The molecule has 2 saturated heterocycles. The zero-order chi connectivity index (χ0) is 48.3. The molecule has 8 rings (SSSR count). The van der Waals surface area contributed by atoms with Crippen molar-refractivity contribution in [2.75, 3.05) is 49.9 Å². The van der Waals surface area contributed by atoms with Crippen LogP contribution in [0.4, 0.5) is 11.4 Å². The number of imide groups is 2. The number of aromatic nitrogens is 2. The molecule has 2 fully saturated rings. The van der Waals surface area contributed by atoms with Crippen LogP contribution < -0.4 is 21.5 Å². The van der Waals surface area contributed by atoms with Crippen molar-refractivity contribution in [1.82, 2.24) is 29.6 Å². The number of hydrogen-bond acceptors (Lipinski definition) is 10. The zero-order valence-corrected chi connectivity index (χ0v) is 39.3. The molecule has 15 nitrogen and oxygen atoms in total. The number of aryl methyl sites for hydroxylation is 1. The third kappa shape index (κ3) is 10.2. The first-order valence-electron chi connectivity index (χ1n) is 23.3. The fraction of sp³-hybridized carbons (Fsp3) is 0.358. The van der Waals surface area contributed by atoms with Gasteiger partial charge in [0.1, 0.15) is 11.7 Å². The molecule has 1 atom stereocenters. The third-order valence-electron chi connectivity index (χ3n) is 13.2. The topological polar surface area (TPSA) is 183 Å². The summed E-state index contributed by atoms with van der Waals surface area (Å²) in [4.78, 5) is 101. The maximum absolute atomic E-state index is 13.6. The van der Waals surface area contributed by atoms with Crippen LogP contribution in [0.2, 0.25) is 0 Å². The lowest BCUT2D eigenvalue weighted by molar-refractivity contribution is -0.136. The number of benzene rings is 4. The smallest absolute Gasteiger partial charge is 0.272 e. The largest absolute Gasteiger partial charge is 0.384 e. The Morgan fingerprint density at radius 1 is 0.779 bits per heavy atom. The second kappa shape index (κ2) is 19.9. The number of piperidine rings is 1. The van der Waals surface area contributed by atoms with E-state index in [4.69, 9.17) is 4.98 Å². The van der Waals surface area contributed by atoms with Crippen molar-refractivity contribution in [2.45, 2.75) is 77.7 Å². The summed E-state index contributed by atoms with van der Waals surface area (Å²) >= 11 is 0. The summed E-state index contributed by atoms with van der Waals surface area (Å²) in [5, 5.41) is 8.59. The number of nitrogens with one attached hydrogen (secondary N) is 3. The summed E-state index contributed by atoms with van der Waals surface area (Å²) in [5.74, 6) is -2.34. The number of piperazine rings is 1. The quantitative estimate of drug-likeness (QED) is 0.0840. The number of carbonyl (C=O) groups is 6. The van der Waals surface area contributed by atoms with Gasteiger partial charge in [-0.2, -0.15) is 0 Å². The minimum atomic E-state index is -1.01. The van der Waals surface area contributed by atoms with E-state index in [1.165, 1.54) is 4.57 Å². The van der Waals surface area contributed by atoms with Gasteiger partial charge in [-0.1, -0.05) is 69.7 Å². The Labute approximate surface area is 395 Å². The Morgan fingerprint density at radius 3 is 2.15 bits per heavy atom. The molecule has 15 heteroatoms. The molecule has 6 amide bonds. The van der Waals surface area contributed by atoms with Gasteiger partial charge in [-0.15, -0.1) is 0 Å². The summed E-state index contributed by atoms with van der Waals surface area (Å²) in [6.45, 7) is 12.6. The highest BCUT2D eigenvalue weighted by Gasteiger charge is 2.45. The number of fused-ring (bicyclic) bond motifs is 1. The van der Waals surface area contributed by atoms with Gasteiger partial charge >= 0.3 is 0 Å². The van der Waals surface area contributed by atoms with Gasteiger partial charge in [0.2, 0.25) is 11.8 Å². The van der Waals surface area contributed by atoms with Crippen molar-refractivity contribution in [1.29, 1.82) is 0 Å². The van der Waals surface area contributed by atoms with E-state index in [2.05, 4.69) is 41.6 Å². The highest BCUT2D eigenvalue weighted by molar-refractivity contribution is 6.25. The normalized spacial score (nSPS) is 16.5. The molecule has 4 heterocycles. The number of nitrogens with zero attached hydrogens (tertiary/aromatic N) is 5. The van der Waals surface area contributed by atoms with Crippen molar-refractivity contribution in [3.05, 3.63) is 146 Å². The summed E-state index contributed by atoms with van der Waals surface area (Å²) in [6.07, 6.45) is 4.91. The standard InChI is InChI=1S/C53H58N8O7/c1-33-38(11-9-13-40(33)56-47(63)35-19-21-37(22-20-35)53(2,3)4)43-32-58(5)51(67)42(55-43)31-34-15-17-36(18-16-34)49(65)60-29-27-59(28-30-60)26-8-6-7-25-54-41-14-10-12-39-46(41)52(68)61(50(39)66)44-23-24-45(62)57-48(44)64/h9-22,32,44,54H,6-8,23-31H2,1-5H3,(H,56,63)(H,57,62,64). The molecule has 3 aliphatic rings. The molecule has 0 radical (unpaired) electrons. The first-order valence-corrected chi connectivity index (χ1v) is 23.3. The summed E-state index contributed by atoms with van der Waals surface area (Å²) in [6, 6.07) is 24.7. The Hall–Kier alpha value is -7.26. The first kappa shape index (κ1) is 47.2. The molecule has 5 aromatic rings. The average Bonchev–Trinajstić information content (AvgIpc) is 3.58. The molecule has 0 saturated carbocycles. The molecule has 0 aliphatic carbocycles. The molecule has 3 aliphatic heterocycles. The molecule has 1 unspecified atom stereocenters. The molecular formula is C53H58N8O7. The predicted octanol–water partition coefficient (Wildman–Crippen LogP) is 6.34. The number of rotatable bonds is 14. The molecular weight excluding hydrogens is 861 g/mol. The predicted molar refractivity (Wildman–Crippen MR) is 260 cm³/mol. The summed E-state index contributed by atoms with van der Waals surface area (Å²) < 4.78 is 1.53. The van der Waals surface area contributed by atoms with E-state index in [1.54, 1.807) is 31.4 Å². The maximum Gasteiger partial charge on any atom is 0.272 e. The van der Waals surface area contributed by atoms with E-state index >= 15 is 0 Å². The van der Waals surface area contributed by atoms with E-state index < -0.39 is 29.7 Å². The van der Waals surface area contributed by atoms with Crippen LogP contribution in [0.25, 0.3) is 11.3 Å². The fourth-order valence-electron chi connectivity index (χ4n) is 9.12. The Kier molecular flexibility index (Phi) is 13.8. The SMILES string of the molecule is Cc1c(NC(=O)c2ccc(C(C)(C)C)cc2)cccc1-c1cn(C)c(=O)c(Cc2ccc(C(=O)N3CCN(CCCCCNc4cccc5c4C(=O)N(C4CCC(=O)NC4=O)C5=O)CC3)cc2)n1. The number of amides is 6. The van der Waals surface area contributed by atoms with Crippen molar-refractivity contribution >= 4 is 46.8 Å². The van der Waals surface area contributed by atoms with E-state index in [0.29, 0.717) is 53.5 Å². The second-order valence-electron chi connectivity index (χ2n) is 18.9. The third-order valence-corrected chi connectivity index (χ3v) is 13.2.